The Labute approximate surface area is 172 Å². The molecule has 0 saturated heterocycles. The number of unbranched alkanes of at least 4 members (excludes halogenated alkanes) is 3. The van der Waals surface area contributed by atoms with Gasteiger partial charge in [-0.3, -0.25) is 4.79 Å². The number of nitrogen functional groups attached to an aromatic ring is 1. The Hall–Kier alpha value is -2.82. The zero-order chi connectivity index (χ0) is 21.4. The smallest absolute Gasteiger partial charge is 0.338 e. The Bertz CT molecular complexity index is 873. The van der Waals surface area contributed by atoms with Gasteiger partial charge in [0.25, 0.3) is 0 Å². The summed E-state index contributed by atoms with van der Waals surface area (Å²) in [7, 11) is 0. The summed E-state index contributed by atoms with van der Waals surface area (Å²) in [5.74, 6) is -1.17. The molecule has 0 heterocycles. The molecule has 0 aliphatic carbocycles. The first-order chi connectivity index (χ1) is 14.0. The second kappa shape index (κ2) is 10.6. The lowest BCUT2D eigenvalue weighted by atomic mass is 9.89. The Morgan fingerprint density at radius 1 is 1.00 bits per heavy atom. The van der Waals surface area contributed by atoms with Gasteiger partial charge in [0.2, 0.25) is 0 Å². The monoisotopic (exact) mass is 397 g/mol. The number of esters is 1. The largest absolute Gasteiger partial charge is 0.507 e. The van der Waals surface area contributed by atoms with Crippen LogP contribution in [-0.4, -0.2) is 23.5 Å². The van der Waals surface area contributed by atoms with Crippen molar-refractivity contribution in [3.63, 3.8) is 0 Å². The fraction of sp³-hybridized carbons (Fsp3) is 0.417. The summed E-state index contributed by atoms with van der Waals surface area (Å²) in [4.78, 5) is 26.1. The maximum atomic E-state index is 13.2. The average Bonchev–Trinajstić information content (AvgIpc) is 2.72. The number of nitrogens with two attached hydrogens (primary N) is 1. The van der Waals surface area contributed by atoms with E-state index in [1.807, 2.05) is 13.8 Å². The number of aromatic hydroxyl groups is 1. The summed E-state index contributed by atoms with van der Waals surface area (Å²) in [6.07, 6.45) is 5.29. The molecule has 0 fully saturated rings. The number of ether oxygens (including phenoxy) is 1. The summed E-state index contributed by atoms with van der Waals surface area (Å²) >= 11 is 0. The number of carbonyl (C=O) groups excluding carboxylic acids is 2. The number of para-hydroxylation sites is 1. The molecule has 5 heteroatoms. The lowest BCUT2D eigenvalue weighted by molar-refractivity contribution is 0.0495. The summed E-state index contributed by atoms with van der Waals surface area (Å²) in [6.45, 7) is 6.37. The van der Waals surface area contributed by atoms with E-state index in [2.05, 4.69) is 6.92 Å². The number of benzene rings is 2. The Kier molecular flexibility index (Phi) is 8.25. The van der Waals surface area contributed by atoms with Crippen LogP contribution < -0.4 is 5.73 Å². The van der Waals surface area contributed by atoms with E-state index in [4.69, 9.17) is 10.5 Å². The molecule has 0 spiro atoms. The first-order valence-electron chi connectivity index (χ1n) is 10.4. The predicted octanol–water partition coefficient (Wildman–Crippen LogP) is 5.07. The fourth-order valence-corrected chi connectivity index (χ4v) is 3.51. The van der Waals surface area contributed by atoms with Crippen molar-refractivity contribution in [2.75, 3.05) is 12.3 Å². The van der Waals surface area contributed by atoms with Gasteiger partial charge in [0, 0.05) is 5.69 Å². The maximum absolute atomic E-state index is 13.2. The van der Waals surface area contributed by atoms with Crippen LogP contribution in [0.5, 0.6) is 5.75 Å². The number of hydrogen-bond acceptors (Lipinski definition) is 5. The number of aryl methyl sites for hydroxylation is 1. The Morgan fingerprint density at radius 2 is 1.72 bits per heavy atom. The number of rotatable bonds is 10. The van der Waals surface area contributed by atoms with E-state index in [9.17, 15) is 14.7 Å². The van der Waals surface area contributed by atoms with Crippen LogP contribution in [-0.2, 0) is 17.6 Å². The third-order valence-corrected chi connectivity index (χ3v) is 5.13. The number of hydrogen-bond donors (Lipinski definition) is 2. The third kappa shape index (κ3) is 5.17. The molecule has 2 aromatic rings. The molecule has 3 N–H and O–H groups in total. The van der Waals surface area contributed by atoms with Crippen molar-refractivity contribution in [1.29, 1.82) is 0 Å². The van der Waals surface area contributed by atoms with Crippen molar-refractivity contribution in [2.45, 2.75) is 59.3 Å². The van der Waals surface area contributed by atoms with Gasteiger partial charge < -0.3 is 15.6 Å². The van der Waals surface area contributed by atoms with E-state index in [1.165, 1.54) is 12.1 Å². The van der Waals surface area contributed by atoms with Crippen LogP contribution >= 0.6 is 0 Å². The fourth-order valence-electron chi connectivity index (χ4n) is 3.51. The van der Waals surface area contributed by atoms with Gasteiger partial charge in [0.1, 0.15) is 5.75 Å². The summed E-state index contributed by atoms with van der Waals surface area (Å²) < 4.78 is 5.45. The second-order valence-corrected chi connectivity index (χ2v) is 7.10. The number of phenols is 1. The third-order valence-electron chi connectivity index (χ3n) is 5.13. The number of anilines is 1. The molecule has 2 aromatic carbocycles. The number of carbonyl (C=O) groups is 2. The van der Waals surface area contributed by atoms with E-state index in [0.29, 0.717) is 19.4 Å². The molecule has 2 rings (SSSR count). The highest BCUT2D eigenvalue weighted by Gasteiger charge is 2.27. The molecule has 0 unspecified atom stereocenters. The van der Waals surface area contributed by atoms with Crippen LogP contribution in [0.2, 0.25) is 0 Å². The first-order valence-corrected chi connectivity index (χ1v) is 10.4. The van der Waals surface area contributed by atoms with E-state index in [-0.39, 0.29) is 28.1 Å². The number of ketones is 1. The van der Waals surface area contributed by atoms with E-state index >= 15 is 0 Å². The molecular formula is C24H31NO4. The molecule has 0 bridgehead atoms. The zero-order valence-corrected chi connectivity index (χ0v) is 17.6. The SMILES string of the molecule is CCCCCCOC(=O)c1cc(CC)c(CC)c(N)c1C(=O)c1ccccc1O. The molecule has 0 radical (unpaired) electrons. The van der Waals surface area contributed by atoms with Gasteiger partial charge in [-0.05, 0) is 48.6 Å². The molecule has 0 aromatic heterocycles. The number of phenolic OH excluding ortho intramolecular Hbond substituents is 1. The molecule has 29 heavy (non-hydrogen) atoms. The molecule has 0 aliphatic rings. The van der Waals surface area contributed by atoms with Crippen LogP contribution in [0.15, 0.2) is 30.3 Å². The van der Waals surface area contributed by atoms with E-state index < -0.39 is 11.8 Å². The summed E-state index contributed by atoms with van der Waals surface area (Å²) in [6, 6.07) is 7.98. The van der Waals surface area contributed by atoms with Crippen molar-refractivity contribution in [3.05, 3.63) is 58.1 Å². The van der Waals surface area contributed by atoms with Crippen molar-refractivity contribution in [2.24, 2.45) is 0 Å². The topological polar surface area (TPSA) is 89.6 Å². The van der Waals surface area contributed by atoms with Gasteiger partial charge in [0.05, 0.1) is 23.3 Å². The molecule has 0 amide bonds. The predicted molar refractivity (Wildman–Crippen MR) is 116 cm³/mol. The zero-order valence-electron chi connectivity index (χ0n) is 17.6. The van der Waals surface area contributed by atoms with Crippen LogP contribution in [0.4, 0.5) is 5.69 Å². The Balaban J connectivity index is 2.48. The first kappa shape index (κ1) is 22.5. The minimum Gasteiger partial charge on any atom is -0.507 e. The van der Waals surface area contributed by atoms with Crippen LogP contribution in [0.25, 0.3) is 0 Å². The van der Waals surface area contributed by atoms with Gasteiger partial charge >= 0.3 is 5.97 Å². The molecular weight excluding hydrogens is 366 g/mol. The van der Waals surface area contributed by atoms with Gasteiger partial charge in [-0.2, -0.15) is 0 Å². The quantitative estimate of drug-likeness (QED) is 0.253. The maximum Gasteiger partial charge on any atom is 0.338 e. The van der Waals surface area contributed by atoms with E-state index in [1.54, 1.807) is 18.2 Å². The second-order valence-electron chi connectivity index (χ2n) is 7.10. The molecule has 0 atom stereocenters. The lowest BCUT2D eigenvalue weighted by Gasteiger charge is -2.18. The van der Waals surface area contributed by atoms with Gasteiger partial charge in [-0.25, -0.2) is 4.79 Å². The van der Waals surface area contributed by atoms with Gasteiger partial charge in [-0.15, -0.1) is 0 Å². The minimum absolute atomic E-state index is 0.110. The standard InChI is InChI=1S/C24H31NO4/c1-4-7-8-11-14-29-24(28)19-15-16(5-2)17(6-3)22(25)21(19)23(27)18-12-9-10-13-20(18)26/h9-10,12-13,15,26H,4-8,11,14,25H2,1-3H3. The van der Waals surface area contributed by atoms with Crippen molar-refractivity contribution < 1.29 is 19.4 Å². The van der Waals surface area contributed by atoms with Gasteiger partial charge in [-0.1, -0.05) is 52.2 Å². The normalized spacial score (nSPS) is 10.7. The van der Waals surface area contributed by atoms with Gasteiger partial charge in [0.15, 0.2) is 5.78 Å². The van der Waals surface area contributed by atoms with Crippen LogP contribution in [0, 0.1) is 0 Å². The van der Waals surface area contributed by atoms with Crippen molar-refractivity contribution >= 4 is 17.4 Å². The highest BCUT2D eigenvalue weighted by Crippen LogP contribution is 2.31. The average molecular weight is 398 g/mol. The molecule has 156 valence electrons. The molecule has 0 aliphatic heterocycles. The lowest BCUT2D eigenvalue weighted by Crippen LogP contribution is -2.18. The van der Waals surface area contributed by atoms with Crippen molar-refractivity contribution in [1.82, 2.24) is 0 Å². The summed E-state index contributed by atoms with van der Waals surface area (Å²) in [5, 5.41) is 10.1. The Morgan fingerprint density at radius 3 is 2.34 bits per heavy atom. The highest BCUT2D eigenvalue weighted by molar-refractivity contribution is 6.19. The van der Waals surface area contributed by atoms with E-state index in [0.717, 1.165) is 36.8 Å². The van der Waals surface area contributed by atoms with Crippen LogP contribution in [0.1, 0.15) is 83.9 Å². The molecule has 0 saturated carbocycles. The van der Waals surface area contributed by atoms with Crippen LogP contribution in [0.3, 0.4) is 0 Å². The minimum atomic E-state index is -0.552. The molecule has 5 nitrogen and oxygen atoms in total. The van der Waals surface area contributed by atoms with Crippen molar-refractivity contribution in [3.8, 4) is 5.75 Å². The summed E-state index contributed by atoms with van der Waals surface area (Å²) in [5.41, 5.74) is 8.84. The highest BCUT2D eigenvalue weighted by atomic mass is 16.5.